The molecule has 0 unspecified atom stereocenters. The first-order chi connectivity index (χ1) is 10.8. The molecule has 0 aliphatic carbocycles. The first-order valence-electron chi connectivity index (χ1n) is 7.15. The Morgan fingerprint density at radius 1 is 0.727 bits per heavy atom. The number of aromatic nitrogens is 2. The van der Waals surface area contributed by atoms with Gasteiger partial charge in [0.2, 0.25) is 5.88 Å². The number of rotatable bonds is 2. The third-order valence-electron chi connectivity index (χ3n) is 3.76. The van der Waals surface area contributed by atoms with E-state index in [0.717, 1.165) is 33.1 Å². The molecule has 0 aliphatic heterocycles. The quantitative estimate of drug-likeness (QED) is 0.545. The summed E-state index contributed by atoms with van der Waals surface area (Å²) >= 11 is 0. The highest BCUT2D eigenvalue weighted by atomic mass is 16.5. The van der Waals surface area contributed by atoms with Crippen molar-refractivity contribution in [1.82, 2.24) is 9.97 Å². The zero-order valence-corrected chi connectivity index (χ0v) is 12.2. The summed E-state index contributed by atoms with van der Waals surface area (Å²) in [6.07, 6.45) is 0. The molecule has 0 radical (unpaired) electrons. The van der Waals surface area contributed by atoms with Crippen molar-refractivity contribution in [2.75, 3.05) is 7.11 Å². The highest BCUT2D eigenvalue weighted by Gasteiger charge is 2.11. The van der Waals surface area contributed by atoms with Crippen LogP contribution in [0.25, 0.3) is 33.1 Å². The lowest BCUT2D eigenvalue weighted by molar-refractivity contribution is 0.401. The van der Waals surface area contributed by atoms with E-state index in [1.165, 1.54) is 0 Å². The van der Waals surface area contributed by atoms with Crippen LogP contribution in [0.1, 0.15) is 0 Å². The molecule has 0 bridgehead atoms. The minimum absolute atomic E-state index is 0.599. The van der Waals surface area contributed by atoms with Gasteiger partial charge in [0, 0.05) is 10.8 Å². The number of hydrogen-bond donors (Lipinski definition) is 0. The van der Waals surface area contributed by atoms with E-state index in [-0.39, 0.29) is 0 Å². The zero-order chi connectivity index (χ0) is 14.9. The Bertz CT molecular complexity index is 979. The second-order valence-electron chi connectivity index (χ2n) is 5.13. The summed E-state index contributed by atoms with van der Waals surface area (Å²) in [4.78, 5) is 9.33. The van der Waals surface area contributed by atoms with Crippen LogP contribution in [-0.4, -0.2) is 17.1 Å². The Hall–Kier alpha value is -2.94. The minimum Gasteiger partial charge on any atom is -0.480 e. The van der Waals surface area contributed by atoms with E-state index in [2.05, 4.69) is 23.2 Å². The van der Waals surface area contributed by atoms with Crippen LogP contribution in [0.15, 0.2) is 66.7 Å². The molecule has 4 rings (SSSR count). The fourth-order valence-corrected chi connectivity index (χ4v) is 2.65. The Morgan fingerprint density at radius 3 is 2.18 bits per heavy atom. The highest BCUT2D eigenvalue weighted by Crippen LogP contribution is 2.31. The van der Waals surface area contributed by atoms with Gasteiger partial charge in [-0.25, -0.2) is 9.97 Å². The number of para-hydroxylation sites is 2. The molecule has 0 N–H and O–H groups in total. The number of hydrogen-bond acceptors (Lipinski definition) is 3. The van der Waals surface area contributed by atoms with Gasteiger partial charge in [0.25, 0.3) is 0 Å². The third-order valence-corrected chi connectivity index (χ3v) is 3.76. The highest BCUT2D eigenvalue weighted by molar-refractivity contribution is 5.87. The molecule has 0 amide bonds. The molecule has 3 heteroatoms. The molecule has 4 aromatic rings. The molecule has 2 heterocycles. The van der Waals surface area contributed by atoms with Crippen LogP contribution < -0.4 is 4.74 Å². The van der Waals surface area contributed by atoms with Crippen LogP contribution in [-0.2, 0) is 0 Å². The van der Waals surface area contributed by atoms with Crippen molar-refractivity contribution in [3.05, 3.63) is 66.7 Å². The average Bonchev–Trinajstić information content (AvgIpc) is 2.60. The van der Waals surface area contributed by atoms with Crippen molar-refractivity contribution in [3.63, 3.8) is 0 Å². The molecule has 2 aromatic heterocycles. The van der Waals surface area contributed by atoms with Gasteiger partial charge in [-0.15, -0.1) is 0 Å². The lowest BCUT2D eigenvalue weighted by Crippen LogP contribution is -1.94. The number of ether oxygens (including phenoxy) is 1. The number of benzene rings is 2. The number of methoxy groups -OCH3 is 1. The molecule has 0 saturated heterocycles. The van der Waals surface area contributed by atoms with Crippen LogP contribution in [0.4, 0.5) is 0 Å². The lowest BCUT2D eigenvalue weighted by Gasteiger charge is -2.09. The summed E-state index contributed by atoms with van der Waals surface area (Å²) in [6.45, 7) is 0. The van der Waals surface area contributed by atoms with Gasteiger partial charge in [0.15, 0.2) is 0 Å². The first-order valence-corrected chi connectivity index (χ1v) is 7.15. The fraction of sp³-hybridized carbons (Fsp3) is 0.0526. The lowest BCUT2D eigenvalue weighted by atomic mass is 10.1. The second kappa shape index (κ2) is 5.11. The molecule has 0 atom stereocenters. The van der Waals surface area contributed by atoms with Crippen molar-refractivity contribution in [3.8, 4) is 17.1 Å². The van der Waals surface area contributed by atoms with Crippen LogP contribution >= 0.6 is 0 Å². The third kappa shape index (κ3) is 2.07. The maximum Gasteiger partial charge on any atom is 0.223 e. The molecule has 0 spiro atoms. The van der Waals surface area contributed by atoms with E-state index in [9.17, 15) is 0 Å². The zero-order valence-electron chi connectivity index (χ0n) is 12.2. The van der Waals surface area contributed by atoms with Crippen molar-refractivity contribution in [2.45, 2.75) is 0 Å². The summed E-state index contributed by atoms with van der Waals surface area (Å²) in [5, 5.41) is 2.20. The number of pyridine rings is 2. The number of fused-ring (bicyclic) bond motifs is 2. The molecule has 0 aliphatic rings. The predicted molar refractivity (Wildman–Crippen MR) is 89.0 cm³/mol. The van der Waals surface area contributed by atoms with Gasteiger partial charge < -0.3 is 4.74 Å². The van der Waals surface area contributed by atoms with Gasteiger partial charge in [-0.05, 0) is 24.3 Å². The topological polar surface area (TPSA) is 35.0 Å². The molecule has 106 valence electrons. The van der Waals surface area contributed by atoms with Crippen LogP contribution in [0, 0.1) is 0 Å². The summed E-state index contributed by atoms with van der Waals surface area (Å²) < 4.78 is 5.47. The predicted octanol–water partition coefficient (Wildman–Crippen LogP) is 4.46. The second-order valence-corrected chi connectivity index (χ2v) is 5.13. The summed E-state index contributed by atoms with van der Waals surface area (Å²) in [5.74, 6) is 0.599. The first kappa shape index (κ1) is 12.8. The van der Waals surface area contributed by atoms with Crippen LogP contribution in [0.5, 0.6) is 5.88 Å². The maximum absolute atomic E-state index is 5.47. The molecular formula is C19H14N2O. The van der Waals surface area contributed by atoms with Crippen molar-refractivity contribution in [1.29, 1.82) is 0 Å². The Labute approximate surface area is 128 Å². The minimum atomic E-state index is 0.599. The average molecular weight is 286 g/mol. The maximum atomic E-state index is 5.47. The van der Waals surface area contributed by atoms with Gasteiger partial charge >= 0.3 is 0 Å². The summed E-state index contributed by atoms with van der Waals surface area (Å²) in [6, 6.07) is 22.3. The van der Waals surface area contributed by atoms with Gasteiger partial charge in [-0.3, -0.25) is 0 Å². The SMILES string of the molecule is COc1nc2ccccc2cc1-c1ccc2ccccc2n1. The monoisotopic (exact) mass is 286 g/mol. The van der Waals surface area contributed by atoms with Gasteiger partial charge in [0.05, 0.1) is 29.4 Å². The molecule has 0 fully saturated rings. The Balaban J connectivity index is 1.97. The molecule has 22 heavy (non-hydrogen) atoms. The standard InChI is InChI=1S/C19H14N2O/c1-22-19-15(12-14-7-3-5-9-17(14)21-19)18-11-10-13-6-2-4-8-16(13)20-18/h2-12H,1H3. The van der Waals surface area contributed by atoms with Gasteiger partial charge in [-0.1, -0.05) is 42.5 Å². The molecule has 3 nitrogen and oxygen atoms in total. The van der Waals surface area contributed by atoms with Crippen LogP contribution in [0.3, 0.4) is 0 Å². The Kier molecular flexibility index (Phi) is 2.97. The normalized spacial score (nSPS) is 11.0. The van der Waals surface area contributed by atoms with E-state index in [0.29, 0.717) is 5.88 Å². The van der Waals surface area contributed by atoms with Gasteiger partial charge in [0.1, 0.15) is 0 Å². The summed E-state index contributed by atoms with van der Waals surface area (Å²) in [7, 11) is 1.64. The molecule has 0 saturated carbocycles. The summed E-state index contributed by atoms with van der Waals surface area (Å²) in [5.41, 5.74) is 3.67. The molecular weight excluding hydrogens is 272 g/mol. The molecule has 2 aromatic carbocycles. The fourth-order valence-electron chi connectivity index (χ4n) is 2.65. The van der Waals surface area contributed by atoms with Crippen molar-refractivity contribution in [2.24, 2.45) is 0 Å². The smallest absolute Gasteiger partial charge is 0.223 e. The van der Waals surface area contributed by atoms with Gasteiger partial charge in [-0.2, -0.15) is 0 Å². The van der Waals surface area contributed by atoms with E-state index in [1.54, 1.807) is 7.11 Å². The van der Waals surface area contributed by atoms with E-state index in [4.69, 9.17) is 9.72 Å². The van der Waals surface area contributed by atoms with E-state index >= 15 is 0 Å². The largest absolute Gasteiger partial charge is 0.480 e. The number of nitrogens with zero attached hydrogens (tertiary/aromatic N) is 2. The van der Waals surface area contributed by atoms with E-state index < -0.39 is 0 Å². The van der Waals surface area contributed by atoms with Crippen molar-refractivity contribution >= 4 is 21.8 Å². The Morgan fingerprint density at radius 2 is 1.41 bits per heavy atom. The van der Waals surface area contributed by atoms with E-state index in [1.807, 2.05) is 48.5 Å². The van der Waals surface area contributed by atoms with Crippen molar-refractivity contribution < 1.29 is 4.74 Å². The van der Waals surface area contributed by atoms with Crippen LogP contribution in [0.2, 0.25) is 0 Å².